The van der Waals surface area contributed by atoms with Crippen LogP contribution in [0.15, 0.2) is 30.3 Å². The third-order valence-corrected chi connectivity index (χ3v) is 9.11. The Morgan fingerprint density at radius 2 is 1.32 bits per heavy atom. The molecule has 0 aromatic heterocycles. The largest absolute Gasteiger partial charge is 0.378 e. The van der Waals surface area contributed by atoms with Gasteiger partial charge in [0.2, 0.25) is 5.36 Å². The predicted molar refractivity (Wildman–Crippen MR) is 171 cm³/mol. The number of anilines is 1. The van der Waals surface area contributed by atoms with Crippen molar-refractivity contribution in [2.75, 3.05) is 32.6 Å². The fourth-order valence-corrected chi connectivity index (χ4v) is 6.40. The van der Waals surface area contributed by atoms with Gasteiger partial charge in [0.05, 0.1) is 20.8 Å². The summed E-state index contributed by atoms with van der Waals surface area (Å²) in [6.07, 6.45) is 22.3. The van der Waals surface area contributed by atoms with E-state index in [1.165, 1.54) is 122 Å². The Balaban J connectivity index is 1.46. The lowest BCUT2D eigenvalue weighted by Crippen LogP contribution is -2.29. The van der Waals surface area contributed by atoms with Crippen molar-refractivity contribution in [3.63, 3.8) is 0 Å². The normalized spacial score (nSPS) is 12.4. The average molecular weight is 537 g/mol. The third-order valence-electron chi connectivity index (χ3n) is 8.02. The molecule has 1 aromatic rings. The predicted octanol–water partition coefficient (Wildman–Crippen LogP) is 9.30. The van der Waals surface area contributed by atoms with E-state index in [0.29, 0.717) is 0 Å². The molecule has 3 nitrogen and oxygen atoms in total. The molecular weight excluding hydrogens is 482 g/mol. The fraction of sp³-hybridized carbons (Fsp3) is 0.647. The van der Waals surface area contributed by atoms with Crippen LogP contribution in [0.3, 0.4) is 0 Å². The third kappa shape index (κ3) is 9.67. The van der Waals surface area contributed by atoms with Crippen molar-refractivity contribution in [1.29, 1.82) is 0 Å². The van der Waals surface area contributed by atoms with Gasteiger partial charge in [-0.25, -0.2) is 9.56 Å². The molecule has 0 saturated carbocycles. The Morgan fingerprint density at radius 1 is 0.737 bits per heavy atom. The summed E-state index contributed by atoms with van der Waals surface area (Å²) < 4.78 is 3.65. The molecule has 1 aliphatic carbocycles. The topological polar surface area (TPSA) is 19.1 Å². The van der Waals surface area contributed by atoms with Crippen LogP contribution in [0.2, 0.25) is 0 Å². The van der Waals surface area contributed by atoms with Gasteiger partial charge in [0.25, 0.3) is 0 Å². The van der Waals surface area contributed by atoms with E-state index in [9.17, 15) is 0 Å². The SMILES string of the molecule is CCCCCCCCCCCCCCCCCc1cc2nc3ccc(N(C)C)cc3sc-2c/c1=[N+](/C)CC. The van der Waals surface area contributed by atoms with Gasteiger partial charge in [-0.3, -0.25) is 0 Å². The van der Waals surface area contributed by atoms with E-state index in [2.05, 4.69) is 74.8 Å². The summed E-state index contributed by atoms with van der Waals surface area (Å²) in [6.45, 7) is 5.56. The van der Waals surface area contributed by atoms with Crippen molar-refractivity contribution >= 4 is 27.2 Å². The van der Waals surface area contributed by atoms with Crippen LogP contribution >= 0.6 is 11.3 Å². The zero-order valence-electron chi connectivity index (χ0n) is 25.2. The van der Waals surface area contributed by atoms with Crippen LogP contribution in [0, 0.1) is 0 Å². The molecule has 1 aliphatic heterocycles. The molecule has 3 rings (SSSR count). The van der Waals surface area contributed by atoms with Crippen molar-refractivity contribution in [2.45, 2.75) is 117 Å². The zero-order chi connectivity index (χ0) is 27.2. The first-order valence-corrected chi connectivity index (χ1v) is 16.4. The monoisotopic (exact) mass is 536 g/mol. The summed E-state index contributed by atoms with van der Waals surface area (Å²) in [7, 11) is 6.41. The summed E-state index contributed by atoms with van der Waals surface area (Å²) in [5.74, 6) is 0. The van der Waals surface area contributed by atoms with Gasteiger partial charge in [0.15, 0.2) is 0 Å². The Morgan fingerprint density at radius 3 is 1.87 bits per heavy atom. The number of hydrogen-bond donors (Lipinski definition) is 0. The van der Waals surface area contributed by atoms with E-state index in [1.54, 1.807) is 0 Å². The van der Waals surface area contributed by atoms with Crippen molar-refractivity contribution in [3.05, 3.63) is 41.3 Å². The molecule has 0 amide bonds. The van der Waals surface area contributed by atoms with Gasteiger partial charge >= 0.3 is 0 Å². The number of benzene rings is 2. The lowest BCUT2D eigenvalue weighted by atomic mass is 10.0. The number of aromatic nitrogens is 1. The minimum Gasteiger partial charge on any atom is -0.378 e. The van der Waals surface area contributed by atoms with Crippen molar-refractivity contribution < 1.29 is 0 Å². The van der Waals surface area contributed by atoms with Crippen molar-refractivity contribution in [2.24, 2.45) is 0 Å². The maximum Gasteiger partial charge on any atom is 0.204 e. The number of fused-ring (bicyclic) bond motifs is 2. The highest BCUT2D eigenvalue weighted by atomic mass is 32.1. The van der Waals surface area contributed by atoms with Gasteiger partial charge in [-0.15, -0.1) is 11.3 Å². The molecule has 0 bridgehead atoms. The van der Waals surface area contributed by atoms with Crippen LogP contribution in [-0.2, 0) is 6.42 Å². The van der Waals surface area contributed by atoms with Crippen LogP contribution in [0.5, 0.6) is 0 Å². The molecule has 0 fully saturated rings. The minimum atomic E-state index is 1.02. The molecule has 0 atom stereocenters. The molecule has 0 N–H and O–H groups in total. The number of rotatable bonds is 18. The van der Waals surface area contributed by atoms with Gasteiger partial charge in [0.1, 0.15) is 13.6 Å². The van der Waals surface area contributed by atoms with E-state index in [4.69, 9.17) is 4.98 Å². The van der Waals surface area contributed by atoms with Gasteiger partial charge in [-0.2, -0.15) is 0 Å². The van der Waals surface area contributed by atoms with Gasteiger partial charge in [-0.1, -0.05) is 96.8 Å². The molecule has 210 valence electrons. The van der Waals surface area contributed by atoms with E-state index in [1.807, 2.05) is 11.3 Å². The first-order chi connectivity index (χ1) is 18.5. The maximum absolute atomic E-state index is 5.06. The minimum absolute atomic E-state index is 1.02. The highest BCUT2D eigenvalue weighted by Crippen LogP contribution is 2.32. The van der Waals surface area contributed by atoms with E-state index >= 15 is 0 Å². The molecule has 0 saturated heterocycles. The summed E-state index contributed by atoms with van der Waals surface area (Å²) in [5, 5.41) is 1.38. The quantitative estimate of drug-likeness (QED) is 0.0916. The summed E-state index contributed by atoms with van der Waals surface area (Å²) >= 11 is 1.87. The zero-order valence-corrected chi connectivity index (χ0v) is 26.0. The highest BCUT2D eigenvalue weighted by molar-refractivity contribution is 7.21. The first-order valence-electron chi connectivity index (χ1n) is 15.6. The second-order valence-corrected chi connectivity index (χ2v) is 12.5. The molecule has 38 heavy (non-hydrogen) atoms. The van der Waals surface area contributed by atoms with Crippen LogP contribution in [0.1, 0.15) is 116 Å². The maximum atomic E-state index is 5.06. The molecule has 1 aromatic carbocycles. The molecule has 0 radical (unpaired) electrons. The smallest absolute Gasteiger partial charge is 0.204 e. The van der Waals surface area contributed by atoms with E-state index in [-0.39, 0.29) is 0 Å². The summed E-state index contributed by atoms with van der Waals surface area (Å²) in [6, 6.07) is 11.4. The van der Waals surface area contributed by atoms with Crippen LogP contribution in [0.25, 0.3) is 20.8 Å². The second-order valence-electron chi connectivity index (χ2n) is 11.4. The highest BCUT2D eigenvalue weighted by Gasteiger charge is 2.15. The molecule has 4 heteroatoms. The Kier molecular flexibility index (Phi) is 13.6. The first kappa shape index (κ1) is 30.6. The lowest BCUT2D eigenvalue weighted by Gasteiger charge is -2.14. The average Bonchev–Trinajstić information content (AvgIpc) is 2.92. The standard InChI is InChI=1S/C34H54N3S/c1-6-8-9-10-11-12-13-14-15-16-17-18-19-20-21-22-28-25-31-34(27-32(28)37(5)7-2)38-33-26-29(36(3)4)23-24-30(33)35-31/h23-27H,6-22H2,1-5H3/q+1. The Labute approximate surface area is 237 Å². The molecular formula is C34H54N3S+. The van der Waals surface area contributed by atoms with E-state index in [0.717, 1.165) is 24.2 Å². The summed E-state index contributed by atoms with van der Waals surface area (Å²) in [5.41, 5.74) is 4.93. The molecule has 1 heterocycles. The molecule has 2 aliphatic rings. The molecule has 0 spiro atoms. The number of hydrogen-bond acceptors (Lipinski definition) is 3. The summed E-state index contributed by atoms with van der Waals surface area (Å²) in [4.78, 5) is 8.50. The van der Waals surface area contributed by atoms with Crippen LogP contribution < -0.4 is 14.8 Å². The number of unbranched alkanes of at least 4 members (excludes halogenated alkanes) is 14. The number of nitrogens with zero attached hydrogens (tertiary/aromatic N) is 3. The Hall–Kier alpha value is -1.94. The van der Waals surface area contributed by atoms with Gasteiger partial charge in [0, 0.05) is 31.4 Å². The van der Waals surface area contributed by atoms with Crippen molar-refractivity contribution in [1.82, 2.24) is 9.56 Å². The van der Waals surface area contributed by atoms with E-state index < -0.39 is 0 Å². The Bertz CT molecular complexity index is 1130. The van der Waals surface area contributed by atoms with Crippen molar-refractivity contribution in [3.8, 4) is 10.6 Å². The fourth-order valence-electron chi connectivity index (χ4n) is 5.39. The van der Waals surface area contributed by atoms with Crippen LogP contribution in [-0.4, -0.2) is 32.7 Å². The van der Waals surface area contributed by atoms with Gasteiger partial charge in [-0.05, 0) is 44.0 Å². The molecule has 0 unspecified atom stereocenters. The van der Waals surface area contributed by atoms with Crippen LogP contribution in [0.4, 0.5) is 5.69 Å². The second kappa shape index (κ2) is 16.9. The number of aryl methyl sites for hydroxylation is 1. The van der Waals surface area contributed by atoms with Gasteiger partial charge < -0.3 is 4.90 Å². The lowest BCUT2D eigenvalue weighted by molar-refractivity contribution is 0.532.